The van der Waals surface area contributed by atoms with E-state index in [2.05, 4.69) is 10.2 Å². The summed E-state index contributed by atoms with van der Waals surface area (Å²) in [6, 6.07) is 16.4. The predicted octanol–water partition coefficient (Wildman–Crippen LogP) is 4.14. The fraction of sp³-hybridized carbons (Fsp3) is 0.259. The maximum absolute atomic E-state index is 13.2. The number of benzene rings is 2. The normalized spacial score (nSPS) is 15.5. The molecule has 1 fully saturated rings. The van der Waals surface area contributed by atoms with Crippen molar-refractivity contribution < 1.29 is 23.1 Å². The lowest BCUT2D eigenvalue weighted by Gasteiger charge is -2.40. The summed E-state index contributed by atoms with van der Waals surface area (Å²) in [5.41, 5.74) is 1.23. The van der Waals surface area contributed by atoms with E-state index in [1.165, 1.54) is 36.0 Å². The molecule has 0 saturated carbocycles. The Hall–Kier alpha value is -4.12. The molecule has 1 aliphatic heterocycles. The molecular weight excluding hydrogens is 509 g/mol. The van der Waals surface area contributed by atoms with Crippen LogP contribution in [-0.4, -0.2) is 74.9 Å². The molecule has 1 aliphatic rings. The van der Waals surface area contributed by atoms with Gasteiger partial charge in [-0.3, -0.25) is 14.2 Å². The molecule has 1 unspecified atom stereocenters. The lowest BCUT2D eigenvalue weighted by atomic mass is 10.1. The second kappa shape index (κ2) is 11.1. The van der Waals surface area contributed by atoms with Crippen molar-refractivity contribution in [2.24, 2.45) is 0 Å². The first-order valence-electron chi connectivity index (χ1n) is 12.1. The predicted molar refractivity (Wildman–Crippen MR) is 140 cm³/mol. The number of nitrogens with zero attached hydrogens (tertiary/aromatic N) is 5. The zero-order chi connectivity index (χ0) is 26.6. The Morgan fingerprint density at radius 2 is 1.84 bits per heavy atom. The minimum absolute atomic E-state index is 0.0560. The zero-order valence-corrected chi connectivity index (χ0v) is 21.7. The first kappa shape index (κ1) is 25.5. The maximum atomic E-state index is 13.2. The molecular formula is C27H26FN5O4S. The SMILES string of the molecule is COc1ccc(-n2c(SCC(=O)N3CCN(C(=O)c4ccc(F)cc4)C(C)C3)nnc2-c2ccco2)cc1. The molecule has 0 bridgehead atoms. The molecule has 196 valence electrons. The summed E-state index contributed by atoms with van der Waals surface area (Å²) in [7, 11) is 1.61. The highest BCUT2D eigenvalue weighted by atomic mass is 32.2. The zero-order valence-electron chi connectivity index (χ0n) is 20.9. The molecule has 11 heteroatoms. The monoisotopic (exact) mass is 535 g/mol. The lowest BCUT2D eigenvalue weighted by molar-refractivity contribution is -0.130. The maximum Gasteiger partial charge on any atom is 0.254 e. The largest absolute Gasteiger partial charge is 0.497 e. The van der Waals surface area contributed by atoms with Crippen molar-refractivity contribution in [2.75, 3.05) is 32.5 Å². The van der Waals surface area contributed by atoms with Gasteiger partial charge in [-0.2, -0.15) is 0 Å². The van der Waals surface area contributed by atoms with Gasteiger partial charge in [0.15, 0.2) is 10.9 Å². The third kappa shape index (κ3) is 5.28. The Morgan fingerprint density at radius 3 is 2.50 bits per heavy atom. The number of amides is 2. The van der Waals surface area contributed by atoms with Crippen molar-refractivity contribution in [1.82, 2.24) is 24.6 Å². The van der Waals surface area contributed by atoms with Crippen molar-refractivity contribution in [3.05, 3.63) is 78.3 Å². The standard InChI is InChI=1S/C27H26FN5O4S/c1-18-16-31(13-14-32(18)26(35)19-5-7-20(28)8-6-19)24(34)17-38-27-30-29-25(23-4-3-15-37-23)33(27)21-9-11-22(36-2)12-10-21/h3-12,15,18H,13-14,16-17H2,1-2H3. The van der Waals surface area contributed by atoms with E-state index < -0.39 is 0 Å². The Morgan fingerprint density at radius 1 is 1.08 bits per heavy atom. The molecule has 0 radical (unpaired) electrons. The third-order valence-corrected chi connectivity index (χ3v) is 7.28. The summed E-state index contributed by atoms with van der Waals surface area (Å²) in [5.74, 6) is 1.35. The Kier molecular flexibility index (Phi) is 7.45. The number of piperazine rings is 1. The van der Waals surface area contributed by atoms with Crippen LogP contribution in [0, 0.1) is 5.82 Å². The average Bonchev–Trinajstić information content (AvgIpc) is 3.62. The van der Waals surface area contributed by atoms with Gasteiger partial charge in [0.25, 0.3) is 5.91 Å². The minimum Gasteiger partial charge on any atom is -0.497 e. The van der Waals surface area contributed by atoms with Crippen LogP contribution in [0.15, 0.2) is 76.5 Å². The number of hydrogen-bond donors (Lipinski definition) is 0. The smallest absolute Gasteiger partial charge is 0.254 e. The number of rotatable bonds is 7. The van der Waals surface area contributed by atoms with Crippen LogP contribution in [0.4, 0.5) is 4.39 Å². The third-order valence-electron chi connectivity index (χ3n) is 6.36. The van der Waals surface area contributed by atoms with E-state index in [4.69, 9.17) is 9.15 Å². The molecule has 9 nitrogen and oxygen atoms in total. The summed E-state index contributed by atoms with van der Waals surface area (Å²) in [4.78, 5) is 29.5. The molecule has 2 aromatic heterocycles. The van der Waals surface area contributed by atoms with Crippen molar-refractivity contribution >= 4 is 23.6 Å². The molecule has 0 aliphatic carbocycles. The van der Waals surface area contributed by atoms with E-state index in [9.17, 15) is 14.0 Å². The molecule has 5 rings (SSSR count). The van der Waals surface area contributed by atoms with Crippen molar-refractivity contribution in [3.63, 3.8) is 0 Å². The van der Waals surface area contributed by atoms with Gasteiger partial charge in [-0.15, -0.1) is 10.2 Å². The van der Waals surface area contributed by atoms with Crippen LogP contribution in [-0.2, 0) is 4.79 Å². The van der Waals surface area contributed by atoms with E-state index >= 15 is 0 Å². The van der Waals surface area contributed by atoms with Crippen LogP contribution < -0.4 is 4.74 Å². The number of furan rings is 1. The summed E-state index contributed by atoms with van der Waals surface area (Å²) in [6.07, 6.45) is 1.57. The highest BCUT2D eigenvalue weighted by molar-refractivity contribution is 7.99. The van der Waals surface area contributed by atoms with Gasteiger partial charge in [-0.25, -0.2) is 4.39 Å². The number of thioether (sulfide) groups is 1. The first-order valence-corrected chi connectivity index (χ1v) is 13.0. The van der Waals surface area contributed by atoms with E-state index in [1.807, 2.05) is 35.8 Å². The number of carbonyl (C=O) groups is 2. The van der Waals surface area contributed by atoms with Gasteiger partial charge in [0.05, 0.1) is 24.8 Å². The summed E-state index contributed by atoms with van der Waals surface area (Å²) >= 11 is 1.29. The summed E-state index contributed by atoms with van der Waals surface area (Å²) in [6.45, 7) is 3.14. The van der Waals surface area contributed by atoms with Gasteiger partial charge in [-0.1, -0.05) is 11.8 Å². The number of aromatic nitrogens is 3. The first-order chi connectivity index (χ1) is 18.4. The Balaban J connectivity index is 1.27. The van der Waals surface area contributed by atoms with Crippen LogP contribution in [0.2, 0.25) is 0 Å². The van der Waals surface area contributed by atoms with Crippen LogP contribution in [0.3, 0.4) is 0 Å². The second-order valence-corrected chi connectivity index (χ2v) is 9.74. The van der Waals surface area contributed by atoms with Crippen molar-refractivity contribution in [1.29, 1.82) is 0 Å². The minimum atomic E-state index is -0.387. The van der Waals surface area contributed by atoms with Crippen LogP contribution >= 0.6 is 11.8 Å². The number of carbonyl (C=O) groups excluding carboxylic acids is 2. The van der Waals surface area contributed by atoms with Gasteiger partial charge >= 0.3 is 0 Å². The molecule has 4 aromatic rings. The molecule has 2 aromatic carbocycles. The lowest BCUT2D eigenvalue weighted by Crippen LogP contribution is -2.55. The van der Waals surface area contributed by atoms with Crippen LogP contribution in [0.1, 0.15) is 17.3 Å². The summed E-state index contributed by atoms with van der Waals surface area (Å²) in [5, 5.41) is 9.20. The Labute approximate surface area is 223 Å². The van der Waals surface area contributed by atoms with E-state index in [0.717, 1.165) is 11.4 Å². The number of hydrogen-bond acceptors (Lipinski definition) is 7. The molecule has 1 saturated heterocycles. The van der Waals surface area contributed by atoms with Gasteiger partial charge in [0.2, 0.25) is 11.7 Å². The second-order valence-electron chi connectivity index (χ2n) is 8.80. The molecule has 0 spiro atoms. The van der Waals surface area contributed by atoms with E-state index in [1.54, 1.807) is 35.3 Å². The van der Waals surface area contributed by atoms with Gasteiger partial charge < -0.3 is 19.0 Å². The highest BCUT2D eigenvalue weighted by Crippen LogP contribution is 2.29. The number of methoxy groups -OCH3 is 1. The Bertz CT molecular complexity index is 1410. The summed E-state index contributed by atoms with van der Waals surface area (Å²) < 4.78 is 25.9. The van der Waals surface area contributed by atoms with Gasteiger partial charge in [-0.05, 0) is 67.6 Å². The van der Waals surface area contributed by atoms with Crippen molar-refractivity contribution in [2.45, 2.75) is 18.1 Å². The average molecular weight is 536 g/mol. The molecule has 1 atom stereocenters. The van der Waals surface area contributed by atoms with Gasteiger partial charge in [0.1, 0.15) is 11.6 Å². The quantitative estimate of drug-likeness (QED) is 0.328. The van der Waals surface area contributed by atoms with Crippen LogP contribution in [0.25, 0.3) is 17.3 Å². The van der Waals surface area contributed by atoms with Crippen LogP contribution in [0.5, 0.6) is 5.75 Å². The fourth-order valence-electron chi connectivity index (χ4n) is 4.35. The van der Waals surface area contributed by atoms with Crippen molar-refractivity contribution in [3.8, 4) is 23.0 Å². The molecule has 2 amide bonds. The highest BCUT2D eigenvalue weighted by Gasteiger charge is 2.30. The number of ether oxygens (including phenoxy) is 1. The van der Waals surface area contributed by atoms with E-state index in [0.29, 0.717) is 41.9 Å². The topological polar surface area (TPSA) is 93.7 Å². The number of halogens is 1. The van der Waals surface area contributed by atoms with Gasteiger partial charge in [0, 0.05) is 31.2 Å². The van der Waals surface area contributed by atoms with E-state index in [-0.39, 0.29) is 29.4 Å². The molecule has 0 N–H and O–H groups in total. The molecule has 3 heterocycles. The molecule has 38 heavy (non-hydrogen) atoms. The fourth-order valence-corrected chi connectivity index (χ4v) is 5.21.